The van der Waals surface area contributed by atoms with Crippen LogP contribution in [0.15, 0.2) is 53.0 Å². The molecule has 0 saturated carbocycles. The summed E-state index contributed by atoms with van der Waals surface area (Å²) < 4.78 is 71.6. The Morgan fingerprint density at radius 3 is 2.50 bits per heavy atom. The van der Waals surface area contributed by atoms with Crippen molar-refractivity contribution in [2.24, 2.45) is 0 Å². The highest BCUT2D eigenvalue weighted by atomic mass is 79.9. The number of halogens is 4. The topological polar surface area (TPSA) is 96.0 Å². The Balaban J connectivity index is 1.66. The van der Waals surface area contributed by atoms with Crippen molar-refractivity contribution in [1.82, 2.24) is 9.62 Å². The SMILES string of the molecule is CNS(=O)(=O)Cc1ccc(N(CCC[C@@H]2CCCN2C(=O)OCc2ccccc2)C(=O)C(F)(F)F)c(Br)c1. The average molecular weight is 620 g/mol. The maximum atomic E-state index is 13.4. The first-order valence-electron chi connectivity index (χ1n) is 12.0. The van der Waals surface area contributed by atoms with Gasteiger partial charge in [0.15, 0.2) is 0 Å². The summed E-state index contributed by atoms with van der Waals surface area (Å²) in [6, 6.07) is 13.0. The summed E-state index contributed by atoms with van der Waals surface area (Å²) in [5.74, 6) is -2.40. The van der Waals surface area contributed by atoms with E-state index in [9.17, 15) is 31.2 Å². The van der Waals surface area contributed by atoms with Crippen LogP contribution in [0.1, 0.15) is 36.8 Å². The number of hydrogen-bond donors (Lipinski definition) is 1. The Bertz CT molecular complexity index is 1230. The van der Waals surface area contributed by atoms with Crippen molar-refractivity contribution in [1.29, 1.82) is 0 Å². The predicted molar refractivity (Wildman–Crippen MR) is 140 cm³/mol. The number of sulfonamides is 1. The lowest BCUT2D eigenvalue weighted by molar-refractivity contribution is -0.170. The van der Waals surface area contributed by atoms with Gasteiger partial charge in [-0.2, -0.15) is 13.2 Å². The predicted octanol–water partition coefficient (Wildman–Crippen LogP) is 4.98. The molecule has 1 fully saturated rings. The molecule has 2 amide bonds. The fourth-order valence-electron chi connectivity index (χ4n) is 4.30. The van der Waals surface area contributed by atoms with Crippen molar-refractivity contribution in [2.75, 3.05) is 25.0 Å². The van der Waals surface area contributed by atoms with Crippen molar-refractivity contribution in [3.63, 3.8) is 0 Å². The lowest BCUT2D eigenvalue weighted by Gasteiger charge is -2.27. The summed E-state index contributed by atoms with van der Waals surface area (Å²) in [6.07, 6.45) is -3.55. The normalized spacial score (nSPS) is 15.9. The molecule has 13 heteroatoms. The van der Waals surface area contributed by atoms with E-state index in [0.29, 0.717) is 29.8 Å². The van der Waals surface area contributed by atoms with E-state index in [-0.39, 0.29) is 41.5 Å². The first-order chi connectivity index (χ1) is 17.9. The van der Waals surface area contributed by atoms with Gasteiger partial charge in [0.1, 0.15) is 6.61 Å². The lowest BCUT2D eigenvalue weighted by atomic mass is 10.1. The van der Waals surface area contributed by atoms with Crippen LogP contribution in [0.5, 0.6) is 0 Å². The molecule has 1 heterocycles. The van der Waals surface area contributed by atoms with Crippen LogP contribution in [0.2, 0.25) is 0 Å². The maximum absolute atomic E-state index is 13.4. The second-order valence-corrected chi connectivity index (χ2v) is 11.7. The van der Waals surface area contributed by atoms with Crippen LogP contribution in [-0.2, 0) is 31.9 Å². The van der Waals surface area contributed by atoms with Gasteiger partial charge in [-0.15, -0.1) is 0 Å². The van der Waals surface area contributed by atoms with Gasteiger partial charge in [-0.1, -0.05) is 36.4 Å². The number of nitrogens with one attached hydrogen (secondary N) is 1. The molecule has 1 saturated heterocycles. The molecule has 1 N–H and O–H groups in total. The van der Waals surface area contributed by atoms with E-state index < -0.39 is 28.2 Å². The standard InChI is InChI=1S/C25H29BrF3N3O5S/c1-30-38(35,36)17-19-11-12-22(21(26)15-19)32(23(33)25(27,28)29)14-6-10-20-9-5-13-31(20)24(34)37-16-18-7-3-2-4-8-18/h2-4,7-8,11-12,15,20,30H,5-6,9-10,13-14,16-17H2,1H3/t20-/m0/s1. The van der Waals surface area contributed by atoms with Gasteiger partial charge in [0, 0.05) is 23.6 Å². The number of carbonyl (C=O) groups is 2. The number of rotatable bonds is 10. The molecule has 1 aliphatic heterocycles. The minimum Gasteiger partial charge on any atom is -0.445 e. The summed E-state index contributed by atoms with van der Waals surface area (Å²) in [5, 5.41) is 0. The molecule has 2 aromatic carbocycles. The molecule has 0 unspecified atom stereocenters. The van der Waals surface area contributed by atoms with Crippen LogP contribution < -0.4 is 9.62 Å². The Morgan fingerprint density at radius 1 is 1.16 bits per heavy atom. The molecule has 0 radical (unpaired) electrons. The largest absolute Gasteiger partial charge is 0.471 e. The minimum atomic E-state index is -5.10. The Hall–Kier alpha value is -2.64. The van der Waals surface area contributed by atoms with Gasteiger partial charge >= 0.3 is 18.2 Å². The highest BCUT2D eigenvalue weighted by Gasteiger charge is 2.43. The zero-order chi connectivity index (χ0) is 27.9. The summed E-state index contributed by atoms with van der Waals surface area (Å²) in [4.78, 5) is 27.1. The van der Waals surface area contributed by atoms with E-state index in [0.717, 1.165) is 12.0 Å². The molecule has 8 nitrogen and oxygen atoms in total. The summed E-state index contributed by atoms with van der Waals surface area (Å²) >= 11 is 3.19. The number of benzene rings is 2. The first-order valence-corrected chi connectivity index (χ1v) is 14.4. The quantitative estimate of drug-likeness (QED) is 0.405. The lowest BCUT2D eigenvalue weighted by Crippen LogP contribution is -2.42. The van der Waals surface area contributed by atoms with Gasteiger partial charge < -0.3 is 14.5 Å². The van der Waals surface area contributed by atoms with Crippen molar-refractivity contribution in [2.45, 2.75) is 50.3 Å². The first kappa shape index (κ1) is 29.9. The van der Waals surface area contributed by atoms with Gasteiger partial charge in [-0.3, -0.25) is 4.79 Å². The number of alkyl halides is 3. The molecular weight excluding hydrogens is 591 g/mol. The van der Waals surface area contributed by atoms with Gasteiger partial charge in [-0.25, -0.2) is 17.9 Å². The van der Waals surface area contributed by atoms with E-state index in [2.05, 4.69) is 20.7 Å². The van der Waals surface area contributed by atoms with Gasteiger partial charge in [0.2, 0.25) is 10.0 Å². The highest BCUT2D eigenvalue weighted by Crippen LogP contribution is 2.32. The molecule has 0 spiro atoms. The smallest absolute Gasteiger partial charge is 0.445 e. The van der Waals surface area contributed by atoms with Gasteiger partial charge in [0.05, 0.1) is 11.4 Å². The number of nitrogens with zero attached hydrogens (tertiary/aromatic N) is 2. The molecule has 208 valence electrons. The molecule has 38 heavy (non-hydrogen) atoms. The molecular formula is C25H29BrF3N3O5S. The van der Waals surface area contributed by atoms with E-state index >= 15 is 0 Å². The second-order valence-electron chi connectivity index (χ2n) is 8.88. The number of amides is 2. The zero-order valence-corrected chi connectivity index (χ0v) is 23.1. The van der Waals surface area contributed by atoms with E-state index in [1.807, 2.05) is 30.3 Å². The molecule has 0 bridgehead atoms. The van der Waals surface area contributed by atoms with Crippen LogP contribution in [0.25, 0.3) is 0 Å². The maximum Gasteiger partial charge on any atom is 0.471 e. The Kier molecular flexibility index (Phi) is 10.2. The second kappa shape index (κ2) is 12.9. The Labute approximate surface area is 228 Å². The Morgan fingerprint density at radius 2 is 1.87 bits per heavy atom. The minimum absolute atomic E-state index is 0.0246. The van der Waals surface area contributed by atoms with Gasteiger partial charge in [-0.05, 0) is 71.9 Å². The third-order valence-electron chi connectivity index (χ3n) is 6.19. The van der Waals surface area contributed by atoms with Crippen LogP contribution in [-0.4, -0.2) is 57.7 Å². The van der Waals surface area contributed by atoms with Crippen LogP contribution >= 0.6 is 15.9 Å². The van der Waals surface area contributed by atoms with E-state index in [1.54, 1.807) is 4.90 Å². The third-order valence-corrected chi connectivity index (χ3v) is 8.16. The number of ether oxygens (including phenoxy) is 1. The molecule has 1 aliphatic rings. The summed E-state index contributed by atoms with van der Waals surface area (Å²) in [6.45, 7) is 0.372. The zero-order valence-electron chi connectivity index (χ0n) is 20.7. The molecule has 3 rings (SSSR count). The van der Waals surface area contributed by atoms with Crippen LogP contribution in [0, 0.1) is 0 Å². The monoisotopic (exact) mass is 619 g/mol. The fraction of sp³-hybridized carbons (Fsp3) is 0.440. The molecule has 0 aromatic heterocycles. The number of anilines is 1. The van der Waals surface area contributed by atoms with E-state index in [4.69, 9.17) is 4.74 Å². The summed E-state index contributed by atoms with van der Waals surface area (Å²) in [7, 11) is -2.33. The molecule has 0 aliphatic carbocycles. The van der Waals surface area contributed by atoms with Crippen molar-refractivity contribution in [3.8, 4) is 0 Å². The number of carbonyl (C=O) groups excluding carboxylic acids is 2. The number of hydrogen-bond acceptors (Lipinski definition) is 5. The van der Waals surface area contributed by atoms with Crippen molar-refractivity contribution in [3.05, 3.63) is 64.1 Å². The highest BCUT2D eigenvalue weighted by molar-refractivity contribution is 9.10. The van der Waals surface area contributed by atoms with Crippen molar-refractivity contribution >= 4 is 43.6 Å². The van der Waals surface area contributed by atoms with Gasteiger partial charge in [0.25, 0.3) is 0 Å². The van der Waals surface area contributed by atoms with Crippen LogP contribution in [0.3, 0.4) is 0 Å². The average Bonchev–Trinajstić information content (AvgIpc) is 3.34. The molecule has 2 aromatic rings. The summed E-state index contributed by atoms with van der Waals surface area (Å²) in [5.41, 5.74) is 1.16. The van der Waals surface area contributed by atoms with Crippen molar-refractivity contribution < 1.29 is 35.9 Å². The number of likely N-dealkylation sites (tertiary alicyclic amines) is 1. The fourth-order valence-corrected chi connectivity index (χ4v) is 5.70. The molecule has 1 atom stereocenters. The van der Waals surface area contributed by atoms with Crippen LogP contribution in [0.4, 0.5) is 23.7 Å². The third kappa shape index (κ3) is 8.18. The van der Waals surface area contributed by atoms with E-state index in [1.165, 1.54) is 25.2 Å².